The zero-order valence-corrected chi connectivity index (χ0v) is 22.2. The second-order valence-corrected chi connectivity index (χ2v) is 10.4. The molecule has 1 aliphatic rings. The number of hydrogen-bond donors (Lipinski definition) is 3. The predicted molar refractivity (Wildman–Crippen MR) is 141 cm³/mol. The van der Waals surface area contributed by atoms with Gasteiger partial charge in [0.25, 0.3) is 0 Å². The summed E-state index contributed by atoms with van der Waals surface area (Å²) in [6.07, 6.45) is 1.29. The molecule has 3 atom stereocenters. The van der Waals surface area contributed by atoms with Crippen molar-refractivity contribution in [2.45, 2.75) is 71.0 Å². The molecule has 11 heteroatoms. The normalized spacial score (nSPS) is 17.2. The van der Waals surface area contributed by atoms with Crippen molar-refractivity contribution in [3.05, 3.63) is 53.2 Å². The van der Waals surface area contributed by atoms with Crippen LogP contribution in [0.3, 0.4) is 0 Å². The van der Waals surface area contributed by atoms with Gasteiger partial charge in [0.2, 0.25) is 18.0 Å². The first-order valence-corrected chi connectivity index (χ1v) is 12.5. The number of rotatable bonds is 9. The SMILES string of the molecule is C[C@H](C(=O)N1CCC[C@H]1C(=O)NCc1ccc(N)nc1)N(c1ccc(Cl)cc1)C(OC(C)(C)C)C(=O)O. The van der Waals surface area contributed by atoms with E-state index in [4.69, 9.17) is 22.1 Å². The molecule has 1 saturated heterocycles. The van der Waals surface area contributed by atoms with Gasteiger partial charge in [0.1, 0.15) is 17.9 Å². The van der Waals surface area contributed by atoms with Crippen LogP contribution in [-0.2, 0) is 25.7 Å². The van der Waals surface area contributed by atoms with E-state index in [0.29, 0.717) is 35.9 Å². The largest absolute Gasteiger partial charge is 0.478 e. The number of pyridine rings is 1. The molecule has 0 bridgehead atoms. The molecule has 2 amide bonds. The first-order valence-electron chi connectivity index (χ1n) is 12.1. The number of carboxylic acid groups (broad SMARTS) is 1. The van der Waals surface area contributed by atoms with Crippen LogP contribution >= 0.6 is 11.6 Å². The second-order valence-electron chi connectivity index (χ2n) is 9.98. The summed E-state index contributed by atoms with van der Waals surface area (Å²) in [5.74, 6) is -1.51. The Labute approximate surface area is 221 Å². The molecule has 0 aliphatic carbocycles. The maximum atomic E-state index is 13.8. The molecule has 200 valence electrons. The van der Waals surface area contributed by atoms with Crippen molar-refractivity contribution in [3.8, 4) is 0 Å². The minimum absolute atomic E-state index is 0.248. The van der Waals surface area contributed by atoms with Crippen molar-refractivity contribution in [2.24, 2.45) is 0 Å². The van der Waals surface area contributed by atoms with E-state index in [2.05, 4.69) is 10.3 Å². The minimum atomic E-state index is -1.45. The Morgan fingerprint density at radius 3 is 2.49 bits per heavy atom. The number of anilines is 2. The lowest BCUT2D eigenvalue weighted by atomic mass is 10.1. The zero-order chi connectivity index (χ0) is 27.3. The average molecular weight is 532 g/mol. The lowest BCUT2D eigenvalue weighted by Crippen LogP contribution is -2.58. The Balaban J connectivity index is 1.83. The summed E-state index contributed by atoms with van der Waals surface area (Å²) in [6, 6.07) is 8.33. The highest BCUT2D eigenvalue weighted by atomic mass is 35.5. The first kappa shape index (κ1) is 28.2. The molecule has 4 N–H and O–H groups in total. The van der Waals surface area contributed by atoms with Crippen molar-refractivity contribution in [3.63, 3.8) is 0 Å². The highest BCUT2D eigenvalue weighted by molar-refractivity contribution is 6.30. The van der Waals surface area contributed by atoms with Gasteiger partial charge in [-0.1, -0.05) is 17.7 Å². The van der Waals surface area contributed by atoms with Gasteiger partial charge in [-0.15, -0.1) is 0 Å². The molecule has 0 saturated carbocycles. The molecule has 1 aromatic carbocycles. The van der Waals surface area contributed by atoms with Gasteiger partial charge in [-0.3, -0.25) is 9.59 Å². The van der Waals surface area contributed by atoms with E-state index < -0.39 is 29.9 Å². The molecular formula is C26H34ClN5O5. The van der Waals surface area contributed by atoms with Crippen LogP contribution in [0.5, 0.6) is 0 Å². The number of carboxylic acids is 1. The van der Waals surface area contributed by atoms with Crippen LogP contribution in [0.15, 0.2) is 42.6 Å². The number of nitrogens with zero attached hydrogens (tertiary/aromatic N) is 3. The lowest BCUT2D eigenvalue weighted by Gasteiger charge is -2.40. The van der Waals surface area contributed by atoms with Gasteiger partial charge in [0.05, 0.1) is 5.60 Å². The number of benzene rings is 1. The van der Waals surface area contributed by atoms with Crippen molar-refractivity contribution in [2.75, 3.05) is 17.2 Å². The molecule has 37 heavy (non-hydrogen) atoms. The Hall–Kier alpha value is -3.37. The summed E-state index contributed by atoms with van der Waals surface area (Å²) in [5.41, 5.74) is 6.05. The molecule has 2 heterocycles. The lowest BCUT2D eigenvalue weighted by molar-refractivity contribution is -0.161. The van der Waals surface area contributed by atoms with Gasteiger partial charge in [0, 0.05) is 30.0 Å². The highest BCUT2D eigenvalue weighted by Crippen LogP contribution is 2.28. The van der Waals surface area contributed by atoms with E-state index in [1.807, 2.05) is 0 Å². The predicted octanol–water partition coefficient (Wildman–Crippen LogP) is 3.05. The third-order valence-electron chi connectivity index (χ3n) is 5.98. The van der Waals surface area contributed by atoms with Crippen LogP contribution < -0.4 is 16.0 Å². The molecule has 1 unspecified atom stereocenters. The first-order chi connectivity index (χ1) is 17.4. The molecule has 1 aromatic heterocycles. The van der Waals surface area contributed by atoms with Crippen LogP contribution in [-0.4, -0.2) is 63.2 Å². The monoisotopic (exact) mass is 531 g/mol. The number of nitrogens with one attached hydrogen (secondary N) is 1. The van der Waals surface area contributed by atoms with Gasteiger partial charge in [-0.05, 0) is 76.4 Å². The number of carbonyl (C=O) groups excluding carboxylic acids is 2. The zero-order valence-electron chi connectivity index (χ0n) is 21.5. The van der Waals surface area contributed by atoms with E-state index in [1.165, 1.54) is 9.80 Å². The van der Waals surface area contributed by atoms with Crippen LogP contribution in [0.4, 0.5) is 11.5 Å². The average Bonchev–Trinajstić information content (AvgIpc) is 3.33. The van der Waals surface area contributed by atoms with E-state index in [1.54, 1.807) is 70.3 Å². The summed E-state index contributed by atoms with van der Waals surface area (Å²) >= 11 is 6.05. The van der Waals surface area contributed by atoms with Crippen LogP contribution in [0.2, 0.25) is 5.02 Å². The fourth-order valence-electron chi connectivity index (χ4n) is 4.25. The Morgan fingerprint density at radius 1 is 1.24 bits per heavy atom. The molecule has 10 nitrogen and oxygen atoms in total. The van der Waals surface area contributed by atoms with Crippen molar-refractivity contribution in [1.29, 1.82) is 0 Å². The topological polar surface area (TPSA) is 138 Å². The van der Waals surface area contributed by atoms with Gasteiger partial charge in [-0.2, -0.15) is 0 Å². The number of amides is 2. The van der Waals surface area contributed by atoms with E-state index in [-0.39, 0.29) is 18.4 Å². The van der Waals surface area contributed by atoms with Crippen molar-refractivity contribution >= 4 is 40.9 Å². The molecule has 3 rings (SSSR count). The minimum Gasteiger partial charge on any atom is -0.478 e. The van der Waals surface area contributed by atoms with Gasteiger partial charge < -0.3 is 30.7 Å². The molecule has 2 aromatic rings. The third-order valence-corrected chi connectivity index (χ3v) is 6.23. The number of halogens is 1. The smallest absolute Gasteiger partial charge is 0.354 e. The van der Waals surface area contributed by atoms with Crippen molar-refractivity contribution < 1.29 is 24.2 Å². The molecule has 0 spiro atoms. The number of carbonyl (C=O) groups is 3. The molecular weight excluding hydrogens is 498 g/mol. The number of ether oxygens (including phenoxy) is 1. The molecule has 1 aliphatic heterocycles. The van der Waals surface area contributed by atoms with Gasteiger partial charge >= 0.3 is 5.97 Å². The Kier molecular flexibility index (Phi) is 8.98. The summed E-state index contributed by atoms with van der Waals surface area (Å²) in [5, 5.41) is 13.4. The number of aliphatic carboxylic acids is 1. The summed E-state index contributed by atoms with van der Waals surface area (Å²) in [6.45, 7) is 7.48. The highest BCUT2D eigenvalue weighted by Gasteiger charge is 2.42. The number of nitrogens with two attached hydrogens (primary N) is 1. The van der Waals surface area contributed by atoms with Crippen LogP contribution in [0.1, 0.15) is 46.1 Å². The maximum absolute atomic E-state index is 13.8. The maximum Gasteiger partial charge on any atom is 0.354 e. The third kappa shape index (κ3) is 7.33. The Morgan fingerprint density at radius 2 is 1.92 bits per heavy atom. The number of hydrogen-bond acceptors (Lipinski definition) is 7. The van der Waals surface area contributed by atoms with Crippen LogP contribution in [0.25, 0.3) is 0 Å². The number of likely N-dealkylation sites (tertiary alicyclic amines) is 1. The fraction of sp³-hybridized carbons (Fsp3) is 0.462. The molecule has 0 radical (unpaired) electrons. The van der Waals surface area contributed by atoms with E-state index in [9.17, 15) is 19.5 Å². The van der Waals surface area contributed by atoms with Gasteiger partial charge in [0.15, 0.2) is 0 Å². The summed E-state index contributed by atoms with van der Waals surface area (Å²) < 4.78 is 5.88. The summed E-state index contributed by atoms with van der Waals surface area (Å²) in [7, 11) is 0. The van der Waals surface area contributed by atoms with Crippen LogP contribution in [0, 0.1) is 0 Å². The fourth-order valence-corrected chi connectivity index (χ4v) is 4.37. The van der Waals surface area contributed by atoms with Crippen molar-refractivity contribution in [1.82, 2.24) is 15.2 Å². The molecule has 1 fully saturated rings. The Bertz CT molecular complexity index is 1100. The van der Waals surface area contributed by atoms with Gasteiger partial charge in [-0.25, -0.2) is 9.78 Å². The standard InChI is InChI=1S/C26H34ClN5O5/c1-16(32(19-10-8-18(27)9-11-19)24(25(35)36)37-26(2,3)4)23(34)31-13-5-6-20(31)22(33)30-15-17-7-12-21(28)29-14-17/h7-12,14,16,20,24H,5-6,13,15H2,1-4H3,(H2,28,29)(H,30,33)(H,35,36)/t16-,20+,24?/m1/s1. The van der Waals surface area contributed by atoms with E-state index >= 15 is 0 Å². The second kappa shape index (κ2) is 11.8. The summed E-state index contributed by atoms with van der Waals surface area (Å²) in [4.78, 5) is 46.1. The van der Waals surface area contributed by atoms with E-state index in [0.717, 1.165) is 5.56 Å². The number of nitrogen functional groups attached to an aromatic ring is 1. The number of aromatic nitrogens is 1. The quantitative estimate of drug-likeness (QED) is 0.420.